The Morgan fingerprint density at radius 2 is 2.00 bits per heavy atom. The van der Waals surface area contributed by atoms with Gasteiger partial charge in [-0.3, -0.25) is 10.4 Å². The summed E-state index contributed by atoms with van der Waals surface area (Å²) in [6, 6.07) is 6.80. The van der Waals surface area contributed by atoms with Crippen LogP contribution in [0.15, 0.2) is 47.1 Å². The number of halogens is 1. The summed E-state index contributed by atoms with van der Waals surface area (Å²) >= 11 is 5.34. The van der Waals surface area contributed by atoms with Crippen LogP contribution in [-0.4, -0.2) is 20.9 Å². The van der Waals surface area contributed by atoms with Crippen LogP contribution in [0.2, 0.25) is 0 Å². The molecule has 8 nitrogen and oxygen atoms in total. The summed E-state index contributed by atoms with van der Waals surface area (Å²) in [5.41, 5.74) is 0.181. The van der Waals surface area contributed by atoms with Gasteiger partial charge in [-0.05, 0) is 12.1 Å². The van der Waals surface area contributed by atoms with E-state index >= 15 is 0 Å². The second-order valence-electron chi connectivity index (χ2n) is 3.45. The first kappa shape index (κ1) is 13.5. The third kappa shape index (κ3) is 2.89. The zero-order valence-electron chi connectivity index (χ0n) is 9.28. The molecule has 3 N–H and O–H groups in total. The molecule has 9 heteroatoms. The number of allylic oxidation sites excluding steroid dienone is 1. The number of benzene rings is 1. The van der Waals surface area contributed by atoms with Crippen molar-refractivity contribution in [2.45, 2.75) is 0 Å². The summed E-state index contributed by atoms with van der Waals surface area (Å²) in [5, 5.41) is 39.7. The Balaban J connectivity index is 2.36. The smallest absolute Gasteiger partial charge is 0.226 e. The lowest BCUT2D eigenvalue weighted by molar-refractivity contribution is -0.277. The molecule has 0 spiro atoms. The van der Waals surface area contributed by atoms with Crippen molar-refractivity contribution in [1.29, 1.82) is 0 Å². The van der Waals surface area contributed by atoms with E-state index in [-0.39, 0.29) is 11.1 Å². The van der Waals surface area contributed by atoms with E-state index in [9.17, 15) is 10.4 Å². The van der Waals surface area contributed by atoms with Gasteiger partial charge in [0.1, 0.15) is 0 Å². The largest absolute Gasteiger partial charge is 0.769 e. The Kier molecular flexibility index (Phi) is 3.79. The van der Waals surface area contributed by atoms with Gasteiger partial charge < -0.3 is 25.7 Å². The lowest BCUT2D eigenvalue weighted by Crippen LogP contribution is -2.18. The topological polar surface area (TPSA) is 114 Å². The van der Waals surface area contributed by atoms with E-state index in [2.05, 4.69) is 5.32 Å². The van der Waals surface area contributed by atoms with Gasteiger partial charge in [0.05, 0.1) is 10.8 Å². The minimum Gasteiger partial charge on any atom is -0.769 e. The van der Waals surface area contributed by atoms with Gasteiger partial charge in [0.15, 0.2) is 11.4 Å². The summed E-state index contributed by atoms with van der Waals surface area (Å²) in [5.74, 6) is 0.355. The number of hydrogen-bond acceptors (Lipinski definition) is 8. The van der Waals surface area contributed by atoms with Crippen molar-refractivity contribution in [1.82, 2.24) is 10.5 Å². The summed E-state index contributed by atoms with van der Waals surface area (Å²) in [4.78, 5) is 0. The summed E-state index contributed by atoms with van der Waals surface area (Å²) in [7, 11) is 0. The highest BCUT2D eigenvalue weighted by molar-refractivity contribution is 6.29. The molecule has 0 saturated heterocycles. The molecule has 19 heavy (non-hydrogen) atoms. The van der Waals surface area contributed by atoms with Gasteiger partial charge >= 0.3 is 0 Å². The lowest BCUT2D eigenvalue weighted by Gasteiger charge is -2.36. The third-order valence-corrected chi connectivity index (χ3v) is 2.47. The minimum absolute atomic E-state index is 0.0915. The number of hydrogen-bond donors (Lipinski definition) is 3. The van der Waals surface area contributed by atoms with Crippen LogP contribution >= 0.6 is 11.6 Å². The molecule has 0 radical (unpaired) electrons. The van der Waals surface area contributed by atoms with Crippen molar-refractivity contribution in [3.05, 3.63) is 57.5 Å². The van der Waals surface area contributed by atoms with E-state index < -0.39 is 16.1 Å². The molecule has 0 aromatic heterocycles. The maximum atomic E-state index is 10.4. The van der Waals surface area contributed by atoms with E-state index in [1.165, 1.54) is 0 Å². The molecule has 1 aromatic carbocycles. The Morgan fingerprint density at radius 1 is 1.32 bits per heavy atom. The van der Waals surface area contributed by atoms with Gasteiger partial charge in [-0.2, -0.15) is 0 Å². The average Bonchev–Trinajstić information content (AvgIpc) is 2.78. The Bertz CT molecular complexity index is 517. The molecule has 1 aromatic rings. The van der Waals surface area contributed by atoms with Gasteiger partial charge in [0.2, 0.25) is 5.88 Å². The van der Waals surface area contributed by atoms with E-state index in [1.54, 1.807) is 24.3 Å². The van der Waals surface area contributed by atoms with Gasteiger partial charge in [0.25, 0.3) is 0 Å². The van der Waals surface area contributed by atoms with Crippen LogP contribution in [0.25, 0.3) is 0 Å². The fourth-order valence-corrected chi connectivity index (χ4v) is 1.52. The lowest BCUT2D eigenvalue weighted by atomic mass is 10.3. The summed E-state index contributed by atoms with van der Waals surface area (Å²) < 4.78 is 5.29. The van der Waals surface area contributed by atoms with Crippen LogP contribution in [0.3, 0.4) is 0 Å². The molecule has 0 fully saturated rings. The first-order valence-corrected chi connectivity index (χ1v) is 5.34. The molecule has 1 heterocycles. The number of fused-ring (bicyclic) bond motifs is 1. The van der Waals surface area contributed by atoms with Crippen LogP contribution < -0.4 is 10.1 Å². The van der Waals surface area contributed by atoms with Crippen molar-refractivity contribution < 1.29 is 15.2 Å². The number of ether oxygens (including phenoxy) is 1. The second-order valence-corrected chi connectivity index (χ2v) is 3.84. The molecule has 1 aliphatic heterocycles. The maximum Gasteiger partial charge on any atom is 0.226 e. The van der Waals surface area contributed by atoms with Crippen LogP contribution in [0.4, 0.5) is 5.69 Å². The Morgan fingerprint density at radius 3 is 2.58 bits per heavy atom. The van der Waals surface area contributed by atoms with Crippen LogP contribution in [0, 0.1) is 10.4 Å². The fraction of sp³-hybridized carbons (Fsp3) is 0. The molecule has 0 unspecified atom stereocenters. The van der Waals surface area contributed by atoms with Crippen molar-refractivity contribution in [2.75, 3.05) is 5.32 Å². The van der Waals surface area contributed by atoms with Gasteiger partial charge in [-0.1, -0.05) is 23.7 Å². The van der Waals surface area contributed by atoms with Crippen molar-refractivity contribution >= 4 is 17.3 Å². The predicted molar refractivity (Wildman–Crippen MR) is 65.6 cm³/mol. The van der Waals surface area contributed by atoms with Gasteiger partial charge in [0, 0.05) is 6.08 Å². The number of anilines is 1. The number of hydroxylamine groups is 4. The van der Waals surface area contributed by atoms with Crippen molar-refractivity contribution in [3.63, 3.8) is 0 Å². The molecular weight excluding hydrogens is 278 g/mol. The summed E-state index contributed by atoms with van der Waals surface area (Å²) in [6.45, 7) is 0. The monoisotopic (exact) mass is 285 g/mol. The quantitative estimate of drug-likeness (QED) is 0.571. The molecule has 0 bridgehead atoms. The predicted octanol–water partition coefficient (Wildman–Crippen LogP) is 2.12. The van der Waals surface area contributed by atoms with E-state index in [0.29, 0.717) is 11.4 Å². The molecule has 0 atom stereocenters. The second kappa shape index (κ2) is 5.34. The molecule has 102 valence electrons. The van der Waals surface area contributed by atoms with Crippen LogP contribution in [0.5, 0.6) is 5.75 Å². The molecular formula is C10H8ClN3O5-2. The first-order valence-electron chi connectivity index (χ1n) is 4.96. The number of rotatable bonds is 3. The van der Waals surface area contributed by atoms with Crippen LogP contribution in [-0.2, 0) is 0 Å². The number of nitrogens with one attached hydrogen (secondary N) is 1. The maximum absolute atomic E-state index is 10.4. The third-order valence-electron chi connectivity index (χ3n) is 2.23. The van der Waals surface area contributed by atoms with Gasteiger partial charge in [-0.15, -0.1) is 5.23 Å². The highest BCUT2D eigenvalue weighted by atomic mass is 35.5. The van der Waals surface area contributed by atoms with E-state index in [1.807, 2.05) is 0 Å². The zero-order chi connectivity index (χ0) is 14.0. The molecule has 0 saturated carbocycles. The zero-order valence-corrected chi connectivity index (χ0v) is 10.0. The SMILES string of the molecule is [O-]N([O-])/C(Cl)=C\C(=C1/Nc2ccccc2O1)N(O)O. The van der Waals surface area contributed by atoms with Crippen molar-refractivity contribution in [3.8, 4) is 5.75 Å². The highest BCUT2D eigenvalue weighted by Gasteiger charge is 2.21. The number of nitrogens with zero attached hydrogens (tertiary/aromatic N) is 2. The van der Waals surface area contributed by atoms with Gasteiger partial charge in [-0.25, -0.2) is 0 Å². The Labute approximate surface area is 112 Å². The Hall–Kier alpha value is -1.97. The average molecular weight is 286 g/mol. The van der Waals surface area contributed by atoms with E-state index in [4.69, 9.17) is 26.8 Å². The standard InChI is InChI=1S/C10H8ClN3O5/c11-9(14(17)18)5-7(13(15)16)10-12-6-3-1-2-4-8(6)19-10/h1-5,12,15-16H/q-2/b9-5-,10-7-. The van der Waals surface area contributed by atoms with Crippen LogP contribution in [0.1, 0.15) is 0 Å². The summed E-state index contributed by atoms with van der Waals surface area (Å²) in [6.07, 6.45) is 0.746. The minimum atomic E-state index is -0.881. The molecule has 1 aliphatic rings. The highest BCUT2D eigenvalue weighted by Crippen LogP contribution is 2.34. The fourth-order valence-electron chi connectivity index (χ4n) is 1.41. The normalized spacial score (nSPS) is 16.4. The molecule has 2 rings (SSSR count). The first-order chi connectivity index (χ1) is 8.99. The molecule has 0 aliphatic carbocycles. The number of para-hydroxylation sites is 2. The van der Waals surface area contributed by atoms with Crippen molar-refractivity contribution in [2.24, 2.45) is 0 Å². The molecule has 0 amide bonds. The van der Waals surface area contributed by atoms with E-state index in [0.717, 1.165) is 6.08 Å².